The Morgan fingerprint density at radius 1 is 0.931 bits per heavy atom. The topological polar surface area (TPSA) is 54.7 Å². The normalized spacial score (nSPS) is 14.4. The van der Waals surface area contributed by atoms with Crippen molar-refractivity contribution in [1.82, 2.24) is 5.32 Å². The number of carbonyl (C=O) groups excluding carboxylic acids is 1. The minimum Gasteiger partial charge on any atom is -0.451 e. The van der Waals surface area contributed by atoms with Crippen molar-refractivity contribution in [2.45, 2.75) is 6.54 Å². The van der Waals surface area contributed by atoms with E-state index in [1.807, 2.05) is 36.4 Å². The zero-order valence-electron chi connectivity index (χ0n) is 16.1. The number of nitrogens with one attached hydrogen (secondary N) is 1. The van der Waals surface area contributed by atoms with Crippen molar-refractivity contribution < 1.29 is 13.9 Å². The first-order valence-corrected chi connectivity index (χ1v) is 9.89. The summed E-state index contributed by atoms with van der Waals surface area (Å²) in [6.45, 7) is 3.82. The van der Waals surface area contributed by atoms with Crippen LogP contribution in [-0.4, -0.2) is 32.2 Å². The Hall–Kier alpha value is -3.31. The molecule has 5 nitrogen and oxygen atoms in total. The molecule has 0 aliphatic carbocycles. The summed E-state index contributed by atoms with van der Waals surface area (Å²) in [6, 6.07) is 22.2. The first kappa shape index (κ1) is 17.8. The van der Waals surface area contributed by atoms with E-state index in [0.29, 0.717) is 12.3 Å². The predicted octanol–water partition coefficient (Wildman–Crippen LogP) is 4.35. The summed E-state index contributed by atoms with van der Waals surface area (Å²) < 4.78 is 11.2. The van der Waals surface area contributed by atoms with Gasteiger partial charge in [-0.25, -0.2) is 0 Å². The van der Waals surface area contributed by atoms with Crippen LogP contribution >= 0.6 is 0 Å². The first-order valence-electron chi connectivity index (χ1n) is 9.89. The smallest absolute Gasteiger partial charge is 0.287 e. The fourth-order valence-electron chi connectivity index (χ4n) is 3.82. The Kier molecular flexibility index (Phi) is 4.66. The highest BCUT2D eigenvalue weighted by Crippen LogP contribution is 2.28. The SMILES string of the molecule is O=C(NCc1ccc(N2CCOCC2)cc1)c1cc2c(ccc3ccccc32)o1. The van der Waals surface area contributed by atoms with E-state index in [9.17, 15) is 4.79 Å². The molecule has 2 heterocycles. The van der Waals surface area contributed by atoms with E-state index in [1.165, 1.54) is 5.69 Å². The molecule has 1 fully saturated rings. The lowest BCUT2D eigenvalue weighted by molar-refractivity contribution is 0.0925. The van der Waals surface area contributed by atoms with Gasteiger partial charge in [0, 0.05) is 30.7 Å². The van der Waals surface area contributed by atoms with Crippen LogP contribution in [0.15, 0.2) is 71.1 Å². The second-order valence-electron chi connectivity index (χ2n) is 7.26. The number of hydrogen-bond acceptors (Lipinski definition) is 4. The van der Waals surface area contributed by atoms with Gasteiger partial charge in [0.05, 0.1) is 13.2 Å². The summed E-state index contributed by atoms with van der Waals surface area (Å²) >= 11 is 0. The van der Waals surface area contributed by atoms with Crippen LogP contribution in [0.2, 0.25) is 0 Å². The van der Waals surface area contributed by atoms with E-state index in [2.05, 4.69) is 40.5 Å². The number of carbonyl (C=O) groups is 1. The van der Waals surface area contributed by atoms with Crippen molar-refractivity contribution in [3.05, 3.63) is 78.1 Å². The largest absolute Gasteiger partial charge is 0.451 e. The third-order valence-corrected chi connectivity index (χ3v) is 5.42. The lowest BCUT2D eigenvalue weighted by Gasteiger charge is -2.28. The molecule has 5 heteroatoms. The molecular weight excluding hydrogens is 364 g/mol. The van der Waals surface area contributed by atoms with Gasteiger partial charge in [-0.3, -0.25) is 4.79 Å². The number of hydrogen-bond donors (Lipinski definition) is 1. The number of nitrogens with zero attached hydrogens (tertiary/aromatic N) is 1. The van der Waals surface area contributed by atoms with Crippen LogP contribution in [0.1, 0.15) is 16.1 Å². The van der Waals surface area contributed by atoms with Crippen molar-refractivity contribution in [1.29, 1.82) is 0 Å². The van der Waals surface area contributed by atoms with E-state index in [4.69, 9.17) is 9.15 Å². The van der Waals surface area contributed by atoms with Crippen molar-refractivity contribution in [2.24, 2.45) is 0 Å². The van der Waals surface area contributed by atoms with E-state index in [0.717, 1.165) is 53.6 Å². The summed E-state index contributed by atoms with van der Waals surface area (Å²) in [5, 5.41) is 6.14. The van der Waals surface area contributed by atoms with Gasteiger partial charge in [-0.05, 0) is 40.6 Å². The highest BCUT2D eigenvalue weighted by molar-refractivity contribution is 6.08. The van der Waals surface area contributed by atoms with Gasteiger partial charge < -0.3 is 19.4 Å². The monoisotopic (exact) mass is 386 g/mol. The summed E-state index contributed by atoms with van der Waals surface area (Å²) in [4.78, 5) is 14.9. The molecule has 0 radical (unpaired) electrons. The molecule has 3 aromatic carbocycles. The van der Waals surface area contributed by atoms with Gasteiger partial charge >= 0.3 is 0 Å². The van der Waals surface area contributed by atoms with Gasteiger partial charge in [0.25, 0.3) is 5.91 Å². The number of morpholine rings is 1. The first-order chi connectivity index (χ1) is 14.3. The van der Waals surface area contributed by atoms with E-state index in [-0.39, 0.29) is 5.91 Å². The number of ether oxygens (including phenoxy) is 1. The maximum atomic E-state index is 12.6. The molecule has 1 aliphatic heterocycles. The molecule has 1 saturated heterocycles. The number of anilines is 1. The van der Waals surface area contributed by atoms with Gasteiger partial charge in [0.15, 0.2) is 5.76 Å². The van der Waals surface area contributed by atoms with E-state index in [1.54, 1.807) is 0 Å². The predicted molar refractivity (Wildman–Crippen MR) is 114 cm³/mol. The standard InChI is InChI=1S/C24H22N2O3/c27-24(23-15-21-20-4-2-1-3-18(20)7-10-22(21)29-23)25-16-17-5-8-19(9-6-17)26-11-13-28-14-12-26/h1-10,15H,11-14,16H2,(H,25,27). The van der Waals surface area contributed by atoms with E-state index >= 15 is 0 Å². The number of benzene rings is 3. The van der Waals surface area contributed by atoms with Crippen LogP contribution in [0.5, 0.6) is 0 Å². The molecule has 0 bridgehead atoms. The molecule has 1 amide bonds. The highest BCUT2D eigenvalue weighted by Gasteiger charge is 2.14. The number of fused-ring (bicyclic) bond motifs is 3. The van der Waals surface area contributed by atoms with Crippen LogP contribution in [-0.2, 0) is 11.3 Å². The summed E-state index contributed by atoms with van der Waals surface area (Å²) in [7, 11) is 0. The molecule has 0 spiro atoms. The van der Waals surface area contributed by atoms with Crippen molar-refractivity contribution in [3.8, 4) is 0 Å². The van der Waals surface area contributed by atoms with Crippen LogP contribution in [0.25, 0.3) is 21.7 Å². The molecule has 0 atom stereocenters. The molecule has 0 saturated carbocycles. The Morgan fingerprint density at radius 3 is 2.55 bits per heavy atom. The fourth-order valence-corrected chi connectivity index (χ4v) is 3.82. The van der Waals surface area contributed by atoms with Gasteiger partial charge in [-0.1, -0.05) is 42.5 Å². The Morgan fingerprint density at radius 2 is 1.72 bits per heavy atom. The fraction of sp³-hybridized carbons (Fsp3) is 0.208. The summed E-state index contributed by atoms with van der Waals surface area (Å²) in [5.74, 6) is 0.129. The average molecular weight is 386 g/mol. The van der Waals surface area contributed by atoms with Crippen LogP contribution < -0.4 is 10.2 Å². The Bertz CT molecular complexity index is 1160. The number of rotatable bonds is 4. The van der Waals surface area contributed by atoms with Crippen LogP contribution in [0, 0.1) is 0 Å². The lowest BCUT2D eigenvalue weighted by Crippen LogP contribution is -2.36. The zero-order valence-corrected chi connectivity index (χ0v) is 16.1. The molecule has 5 rings (SSSR count). The molecule has 29 heavy (non-hydrogen) atoms. The molecule has 1 N–H and O–H groups in total. The summed E-state index contributed by atoms with van der Waals surface area (Å²) in [6.07, 6.45) is 0. The summed E-state index contributed by atoms with van der Waals surface area (Å²) in [5.41, 5.74) is 2.97. The van der Waals surface area contributed by atoms with Crippen molar-refractivity contribution in [3.63, 3.8) is 0 Å². The second kappa shape index (κ2) is 7.60. The third kappa shape index (κ3) is 3.57. The minimum atomic E-state index is -0.206. The molecule has 146 valence electrons. The van der Waals surface area contributed by atoms with Crippen LogP contribution in [0.4, 0.5) is 5.69 Å². The second-order valence-corrected chi connectivity index (χ2v) is 7.26. The highest BCUT2D eigenvalue weighted by atomic mass is 16.5. The van der Waals surface area contributed by atoms with Gasteiger partial charge in [0.2, 0.25) is 0 Å². The average Bonchev–Trinajstić information content (AvgIpc) is 3.23. The lowest BCUT2D eigenvalue weighted by atomic mass is 10.1. The maximum Gasteiger partial charge on any atom is 0.287 e. The van der Waals surface area contributed by atoms with Gasteiger partial charge in [-0.2, -0.15) is 0 Å². The maximum absolute atomic E-state index is 12.6. The quantitative estimate of drug-likeness (QED) is 0.566. The molecule has 1 aromatic heterocycles. The molecule has 0 unspecified atom stereocenters. The zero-order chi connectivity index (χ0) is 19.6. The molecule has 1 aliphatic rings. The minimum absolute atomic E-state index is 0.206. The van der Waals surface area contributed by atoms with Gasteiger partial charge in [-0.15, -0.1) is 0 Å². The molecule has 4 aromatic rings. The Labute approximate surface area is 168 Å². The van der Waals surface area contributed by atoms with Crippen LogP contribution in [0.3, 0.4) is 0 Å². The van der Waals surface area contributed by atoms with Gasteiger partial charge in [0.1, 0.15) is 5.58 Å². The van der Waals surface area contributed by atoms with E-state index < -0.39 is 0 Å². The van der Waals surface area contributed by atoms with Crippen molar-refractivity contribution in [2.75, 3.05) is 31.2 Å². The number of furan rings is 1. The number of amides is 1. The Balaban J connectivity index is 1.28. The molecular formula is C24H22N2O3. The third-order valence-electron chi connectivity index (χ3n) is 5.42. The van der Waals surface area contributed by atoms with Crippen molar-refractivity contribution >= 4 is 33.3 Å².